The largest absolute Gasteiger partial charge is 0.492 e. The van der Waals surface area contributed by atoms with Crippen LogP contribution in [0.5, 0.6) is 5.75 Å². The highest BCUT2D eigenvalue weighted by Crippen LogP contribution is 2.26. The van der Waals surface area contributed by atoms with Crippen LogP contribution in [0.3, 0.4) is 0 Å². The predicted molar refractivity (Wildman–Crippen MR) is 64.8 cm³/mol. The Hall–Kier alpha value is -0.225. The molecule has 0 unspecified atom stereocenters. The molecule has 0 aromatic heterocycles. The van der Waals surface area contributed by atoms with E-state index in [4.69, 9.17) is 26.4 Å². The van der Waals surface area contributed by atoms with E-state index in [1.165, 1.54) is 0 Å². The molecular weight excluding hydrogens is 282 g/mol. The van der Waals surface area contributed by atoms with Gasteiger partial charge in [-0.15, -0.1) is 0 Å². The minimum absolute atomic E-state index is 0.227. The molecule has 0 saturated heterocycles. The maximum Gasteiger partial charge on any atom is 0.491 e. The molecule has 0 atom stereocenters. The summed E-state index contributed by atoms with van der Waals surface area (Å²) in [6.07, 6.45) is 0.881. The molecule has 0 bridgehead atoms. The minimum atomic E-state index is -1.61. The van der Waals surface area contributed by atoms with Crippen LogP contribution in [0, 0.1) is 0 Å². The molecule has 6 heteroatoms. The average Bonchev–Trinajstić information content (AvgIpc) is 2.16. The van der Waals surface area contributed by atoms with Gasteiger partial charge in [-0.25, -0.2) is 0 Å². The van der Waals surface area contributed by atoms with Crippen LogP contribution >= 0.6 is 27.5 Å². The van der Waals surface area contributed by atoms with Crippen molar-refractivity contribution in [1.29, 1.82) is 0 Å². The van der Waals surface area contributed by atoms with Crippen LogP contribution in [0.4, 0.5) is 0 Å². The van der Waals surface area contributed by atoms with Gasteiger partial charge in [0.2, 0.25) is 0 Å². The van der Waals surface area contributed by atoms with Gasteiger partial charge in [0, 0.05) is 10.5 Å². The van der Waals surface area contributed by atoms with Gasteiger partial charge in [0.15, 0.2) is 0 Å². The highest BCUT2D eigenvalue weighted by atomic mass is 79.9. The monoisotopic (exact) mass is 292 g/mol. The third-order valence-corrected chi connectivity index (χ3v) is 2.96. The van der Waals surface area contributed by atoms with Gasteiger partial charge in [0.25, 0.3) is 0 Å². The summed E-state index contributed by atoms with van der Waals surface area (Å²) < 4.78 is 5.89. The van der Waals surface area contributed by atoms with Crippen molar-refractivity contribution in [2.75, 3.05) is 6.61 Å². The van der Waals surface area contributed by atoms with Crippen LogP contribution in [-0.2, 0) is 0 Å². The van der Waals surface area contributed by atoms with E-state index in [-0.39, 0.29) is 5.46 Å². The molecule has 2 N–H and O–H groups in total. The lowest BCUT2D eigenvalue weighted by atomic mass is 9.80. The fourth-order valence-electron chi connectivity index (χ4n) is 1.11. The van der Waals surface area contributed by atoms with Gasteiger partial charge in [-0.3, -0.25) is 0 Å². The van der Waals surface area contributed by atoms with E-state index in [9.17, 15) is 0 Å². The molecule has 0 aliphatic rings. The van der Waals surface area contributed by atoms with Crippen molar-refractivity contribution in [2.45, 2.75) is 13.3 Å². The molecule has 0 aliphatic heterocycles. The predicted octanol–water partition coefficient (Wildman–Crippen LogP) is 1.57. The standard InChI is InChI=1S/C9H11BBrClO3/c1-2-5-15-7-4-3-6(12)8(9(7)11)10(13)14/h3-4,13-14H,2,5H2,1H3. The average molecular weight is 293 g/mol. The fourth-order valence-corrected chi connectivity index (χ4v) is 2.14. The van der Waals surface area contributed by atoms with E-state index in [1.807, 2.05) is 6.92 Å². The topological polar surface area (TPSA) is 49.7 Å². The third kappa shape index (κ3) is 3.11. The second-order valence-corrected chi connectivity index (χ2v) is 4.20. The summed E-state index contributed by atoms with van der Waals surface area (Å²) in [6, 6.07) is 3.26. The maximum atomic E-state index is 9.12. The Morgan fingerprint density at radius 3 is 2.67 bits per heavy atom. The first-order chi connectivity index (χ1) is 7.07. The smallest absolute Gasteiger partial charge is 0.491 e. The Balaban J connectivity index is 3.05. The van der Waals surface area contributed by atoms with Crippen molar-refractivity contribution < 1.29 is 14.8 Å². The highest BCUT2D eigenvalue weighted by molar-refractivity contribution is 9.10. The van der Waals surface area contributed by atoms with Crippen molar-refractivity contribution in [3.63, 3.8) is 0 Å². The number of hydrogen-bond donors (Lipinski definition) is 2. The zero-order chi connectivity index (χ0) is 11.4. The summed E-state index contributed by atoms with van der Waals surface area (Å²) in [5.74, 6) is 0.560. The second-order valence-electron chi connectivity index (χ2n) is 3.00. The van der Waals surface area contributed by atoms with Gasteiger partial charge in [-0.1, -0.05) is 18.5 Å². The SMILES string of the molecule is CCCOc1ccc(Cl)c(B(O)O)c1Br. The molecule has 0 amide bonds. The Kier molecular flexibility index (Phi) is 4.92. The normalized spacial score (nSPS) is 10.2. The molecule has 1 rings (SSSR count). The molecule has 3 nitrogen and oxygen atoms in total. The summed E-state index contributed by atoms with van der Waals surface area (Å²) in [4.78, 5) is 0. The Morgan fingerprint density at radius 1 is 1.47 bits per heavy atom. The lowest BCUT2D eigenvalue weighted by Crippen LogP contribution is -2.32. The van der Waals surface area contributed by atoms with Crippen molar-refractivity contribution in [3.05, 3.63) is 21.6 Å². The van der Waals surface area contributed by atoms with Crippen molar-refractivity contribution in [2.24, 2.45) is 0 Å². The van der Waals surface area contributed by atoms with E-state index in [2.05, 4.69) is 15.9 Å². The molecule has 0 saturated carbocycles. The summed E-state index contributed by atoms with van der Waals surface area (Å²) in [7, 11) is -1.61. The van der Waals surface area contributed by atoms with Crippen molar-refractivity contribution >= 4 is 40.1 Å². The number of benzene rings is 1. The van der Waals surface area contributed by atoms with Gasteiger partial charge in [0.05, 0.1) is 11.1 Å². The summed E-state index contributed by atoms with van der Waals surface area (Å²) in [5.41, 5.74) is 0.227. The van der Waals surface area contributed by atoms with Crippen LogP contribution < -0.4 is 10.2 Å². The quantitative estimate of drug-likeness (QED) is 0.829. The molecule has 0 aliphatic carbocycles. The first-order valence-corrected chi connectivity index (χ1v) is 5.71. The van der Waals surface area contributed by atoms with E-state index < -0.39 is 7.12 Å². The molecule has 0 radical (unpaired) electrons. The molecule has 15 heavy (non-hydrogen) atoms. The Labute approximate surface area is 102 Å². The number of rotatable bonds is 4. The second kappa shape index (κ2) is 5.75. The van der Waals surface area contributed by atoms with Crippen LogP contribution in [0.25, 0.3) is 0 Å². The number of ether oxygens (including phenoxy) is 1. The Morgan fingerprint density at radius 2 is 2.13 bits per heavy atom. The molecule has 1 aromatic carbocycles. The van der Waals surface area contributed by atoms with Gasteiger partial charge in [0.1, 0.15) is 5.75 Å². The van der Waals surface area contributed by atoms with E-state index in [0.29, 0.717) is 21.9 Å². The van der Waals surface area contributed by atoms with E-state index in [0.717, 1.165) is 6.42 Å². The van der Waals surface area contributed by atoms with Crippen LogP contribution in [-0.4, -0.2) is 23.8 Å². The van der Waals surface area contributed by atoms with Crippen molar-refractivity contribution in [1.82, 2.24) is 0 Å². The third-order valence-electron chi connectivity index (χ3n) is 1.81. The zero-order valence-electron chi connectivity index (χ0n) is 8.20. The van der Waals surface area contributed by atoms with Crippen LogP contribution in [0.1, 0.15) is 13.3 Å². The molecule has 0 heterocycles. The molecule has 0 fully saturated rings. The zero-order valence-corrected chi connectivity index (χ0v) is 10.5. The van der Waals surface area contributed by atoms with E-state index >= 15 is 0 Å². The first-order valence-electron chi connectivity index (χ1n) is 4.54. The molecular formula is C9H11BBrClO3. The maximum absolute atomic E-state index is 9.12. The van der Waals surface area contributed by atoms with Crippen molar-refractivity contribution in [3.8, 4) is 5.75 Å². The molecule has 82 valence electrons. The highest BCUT2D eigenvalue weighted by Gasteiger charge is 2.21. The van der Waals surface area contributed by atoms with Gasteiger partial charge in [-0.2, -0.15) is 0 Å². The van der Waals surface area contributed by atoms with Gasteiger partial charge < -0.3 is 14.8 Å². The summed E-state index contributed by atoms with van der Waals surface area (Å²) >= 11 is 9.06. The lowest BCUT2D eigenvalue weighted by molar-refractivity contribution is 0.315. The Bertz CT molecular complexity index is 346. The fraction of sp³-hybridized carbons (Fsp3) is 0.333. The minimum Gasteiger partial charge on any atom is -0.492 e. The number of hydrogen-bond acceptors (Lipinski definition) is 3. The van der Waals surface area contributed by atoms with Crippen LogP contribution in [0.2, 0.25) is 5.02 Å². The molecule has 1 aromatic rings. The first kappa shape index (κ1) is 12.8. The summed E-state index contributed by atoms with van der Waals surface area (Å²) in [6.45, 7) is 2.56. The lowest BCUT2D eigenvalue weighted by Gasteiger charge is -2.11. The van der Waals surface area contributed by atoms with Crippen LogP contribution in [0.15, 0.2) is 16.6 Å². The van der Waals surface area contributed by atoms with Gasteiger partial charge in [-0.05, 0) is 34.5 Å². The van der Waals surface area contributed by atoms with Gasteiger partial charge >= 0.3 is 7.12 Å². The van der Waals surface area contributed by atoms with E-state index in [1.54, 1.807) is 12.1 Å². The molecule has 0 spiro atoms. The summed E-state index contributed by atoms with van der Waals surface area (Å²) in [5, 5.41) is 18.5. The number of halogens is 2.